The molecule has 1 N–H and O–H groups in total. The SMILES string of the molecule is [C-]#[N+]CCN(C)CC1(C)CCN(c2ccc3c(=O)[nH]c(=O)n(C4CC4)c3c2OC)C1. The highest BCUT2D eigenvalue weighted by Crippen LogP contribution is 2.43. The van der Waals surface area contributed by atoms with Crippen molar-refractivity contribution in [2.24, 2.45) is 5.41 Å². The van der Waals surface area contributed by atoms with Gasteiger partial charge in [-0.2, -0.15) is 0 Å². The summed E-state index contributed by atoms with van der Waals surface area (Å²) in [5.74, 6) is 0.605. The second-order valence-electron chi connectivity index (χ2n) is 8.98. The molecule has 1 aromatic carbocycles. The van der Waals surface area contributed by atoms with Crippen LogP contribution in [0.3, 0.4) is 0 Å². The lowest BCUT2D eigenvalue weighted by atomic mass is 9.89. The number of ether oxygens (including phenoxy) is 1. The minimum atomic E-state index is -0.371. The maximum Gasteiger partial charge on any atom is 0.329 e. The molecule has 1 saturated carbocycles. The molecular formula is C22H29N5O3. The van der Waals surface area contributed by atoms with E-state index < -0.39 is 0 Å². The van der Waals surface area contributed by atoms with Gasteiger partial charge in [-0.1, -0.05) is 6.92 Å². The first-order valence-corrected chi connectivity index (χ1v) is 10.5. The summed E-state index contributed by atoms with van der Waals surface area (Å²) in [4.78, 5) is 35.4. The first-order valence-electron chi connectivity index (χ1n) is 10.5. The lowest BCUT2D eigenvalue weighted by molar-refractivity contribution is 0.217. The van der Waals surface area contributed by atoms with Crippen molar-refractivity contribution >= 4 is 16.6 Å². The van der Waals surface area contributed by atoms with Crippen molar-refractivity contribution in [3.8, 4) is 5.75 Å². The number of aromatic nitrogens is 2. The predicted molar refractivity (Wildman–Crippen MR) is 118 cm³/mol. The fourth-order valence-electron chi connectivity index (χ4n) is 4.75. The Morgan fingerprint density at radius 2 is 2.13 bits per heavy atom. The highest BCUT2D eigenvalue weighted by atomic mass is 16.5. The van der Waals surface area contributed by atoms with Crippen LogP contribution in [0.15, 0.2) is 21.7 Å². The zero-order valence-electron chi connectivity index (χ0n) is 17.9. The number of nitrogens with one attached hydrogen (secondary N) is 1. The first kappa shape index (κ1) is 20.5. The average Bonchev–Trinajstić information content (AvgIpc) is 3.47. The number of benzene rings is 1. The van der Waals surface area contributed by atoms with Crippen molar-refractivity contribution in [3.63, 3.8) is 0 Å². The summed E-state index contributed by atoms with van der Waals surface area (Å²) in [6.45, 7) is 13.2. The molecule has 2 aliphatic rings. The smallest absolute Gasteiger partial charge is 0.329 e. The van der Waals surface area contributed by atoms with E-state index in [1.807, 2.05) is 12.1 Å². The predicted octanol–water partition coefficient (Wildman–Crippen LogP) is 2.10. The van der Waals surface area contributed by atoms with Gasteiger partial charge in [0.1, 0.15) is 5.52 Å². The standard InChI is InChI=1S/C22H29N5O3/c1-22(13-25(3)12-10-23-2)9-11-26(14-22)17-8-7-16-18(19(17)30-4)27(15-5-6-15)21(29)24-20(16)28/h7-8,15H,5-6,9-14H2,1,3-4H3,(H,24,28,29). The lowest BCUT2D eigenvalue weighted by Gasteiger charge is -2.30. The Hall–Kier alpha value is -2.79. The molecule has 1 aromatic heterocycles. The molecule has 0 bridgehead atoms. The molecule has 1 atom stereocenters. The number of likely N-dealkylation sites (N-methyl/N-ethyl adjacent to an activating group) is 1. The number of hydrogen-bond donors (Lipinski definition) is 1. The molecule has 2 heterocycles. The number of aromatic amines is 1. The van der Waals surface area contributed by atoms with Gasteiger partial charge in [-0.15, -0.1) is 0 Å². The van der Waals surface area contributed by atoms with Crippen LogP contribution in [-0.2, 0) is 0 Å². The topological polar surface area (TPSA) is 74.9 Å². The van der Waals surface area contributed by atoms with Gasteiger partial charge in [0, 0.05) is 25.7 Å². The molecule has 2 aromatic rings. The maximum atomic E-state index is 12.6. The Morgan fingerprint density at radius 3 is 2.80 bits per heavy atom. The zero-order valence-corrected chi connectivity index (χ0v) is 17.9. The maximum absolute atomic E-state index is 12.6. The van der Waals surface area contributed by atoms with Gasteiger partial charge in [-0.3, -0.25) is 19.2 Å². The second-order valence-corrected chi connectivity index (χ2v) is 8.98. The number of rotatable bonds is 7. The summed E-state index contributed by atoms with van der Waals surface area (Å²) in [5.41, 5.74) is 0.898. The highest BCUT2D eigenvalue weighted by Gasteiger charge is 2.37. The van der Waals surface area contributed by atoms with Gasteiger partial charge in [-0.05, 0) is 43.9 Å². The number of anilines is 1. The van der Waals surface area contributed by atoms with E-state index in [2.05, 4.69) is 33.6 Å². The molecule has 1 aliphatic heterocycles. The molecule has 1 aliphatic carbocycles. The van der Waals surface area contributed by atoms with E-state index in [9.17, 15) is 9.59 Å². The summed E-state index contributed by atoms with van der Waals surface area (Å²) in [6, 6.07) is 3.87. The first-order chi connectivity index (χ1) is 14.4. The van der Waals surface area contributed by atoms with Gasteiger partial charge >= 0.3 is 5.69 Å². The molecule has 1 saturated heterocycles. The Kier molecular flexibility index (Phi) is 5.33. The molecule has 2 fully saturated rings. The molecule has 0 spiro atoms. The third-order valence-corrected chi connectivity index (χ3v) is 6.30. The normalized spacial score (nSPS) is 21.4. The summed E-state index contributed by atoms with van der Waals surface area (Å²) in [6.07, 6.45) is 2.90. The van der Waals surface area contributed by atoms with E-state index in [0.29, 0.717) is 23.2 Å². The second kappa shape index (κ2) is 7.80. The van der Waals surface area contributed by atoms with E-state index >= 15 is 0 Å². The summed E-state index contributed by atoms with van der Waals surface area (Å²) >= 11 is 0. The van der Waals surface area contributed by atoms with Crippen molar-refractivity contribution in [1.82, 2.24) is 14.5 Å². The minimum absolute atomic E-state index is 0.0983. The number of methoxy groups -OCH3 is 1. The van der Waals surface area contributed by atoms with Crippen LogP contribution < -0.4 is 20.9 Å². The molecule has 30 heavy (non-hydrogen) atoms. The van der Waals surface area contributed by atoms with Crippen molar-refractivity contribution < 1.29 is 4.74 Å². The molecule has 8 heteroatoms. The summed E-state index contributed by atoms with van der Waals surface area (Å²) in [5, 5.41) is 0.489. The lowest BCUT2D eigenvalue weighted by Crippen LogP contribution is -2.37. The van der Waals surface area contributed by atoms with Crippen LogP contribution in [0.2, 0.25) is 0 Å². The third-order valence-electron chi connectivity index (χ3n) is 6.30. The molecule has 160 valence electrons. The van der Waals surface area contributed by atoms with Crippen LogP contribution in [0.4, 0.5) is 5.69 Å². The van der Waals surface area contributed by atoms with Gasteiger partial charge in [0.15, 0.2) is 5.75 Å². The zero-order chi connectivity index (χ0) is 21.5. The monoisotopic (exact) mass is 411 g/mol. The van der Waals surface area contributed by atoms with Gasteiger partial charge in [-0.25, -0.2) is 11.4 Å². The van der Waals surface area contributed by atoms with Crippen LogP contribution >= 0.6 is 0 Å². The quantitative estimate of drug-likeness (QED) is 0.707. The molecule has 0 radical (unpaired) electrons. The fraction of sp³-hybridized carbons (Fsp3) is 0.591. The number of H-pyrrole nitrogens is 1. The minimum Gasteiger partial charge on any atom is -0.492 e. The molecule has 8 nitrogen and oxygen atoms in total. The highest BCUT2D eigenvalue weighted by molar-refractivity contribution is 5.90. The number of fused-ring (bicyclic) bond motifs is 1. The van der Waals surface area contributed by atoms with Gasteiger partial charge < -0.3 is 14.5 Å². The third kappa shape index (κ3) is 3.70. The van der Waals surface area contributed by atoms with Gasteiger partial charge in [0.25, 0.3) is 5.56 Å². The van der Waals surface area contributed by atoms with Gasteiger partial charge in [0.05, 0.1) is 24.7 Å². The summed E-state index contributed by atoms with van der Waals surface area (Å²) < 4.78 is 7.51. The molecule has 0 amide bonds. The van der Waals surface area contributed by atoms with Crippen LogP contribution in [0.1, 0.15) is 32.2 Å². The van der Waals surface area contributed by atoms with Crippen molar-refractivity contribution in [2.45, 2.75) is 32.2 Å². The molecule has 1 unspecified atom stereocenters. The van der Waals surface area contributed by atoms with Gasteiger partial charge in [0.2, 0.25) is 6.54 Å². The van der Waals surface area contributed by atoms with Crippen molar-refractivity contribution in [3.05, 3.63) is 44.4 Å². The molecule has 4 rings (SSSR count). The average molecular weight is 412 g/mol. The van der Waals surface area contributed by atoms with E-state index in [-0.39, 0.29) is 22.7 Å². The Bertz CT molecular complexity index is 1110. The van der Waals surface area contributed by atoms with Crippen LogP contribution in [0.25, 0.3) is 15.7 Å². The van der Waals surface area contributed by atoms with Crippen LogP contribution in [0.5, 0.6) is 5.75 Å². The van der Waals surface area contributed by atoms with Crippen molar-refractivity contribution in [2.75, 3.05) is 51.8 Å². The number of hydrogen-bond acceptors (Lipinski definition) is 5. The van der Waals surface area contributed by atoms with E-state index in [1.54, 1.807) is 11.7 Å². The van der Waals surface area contributed by atoms with E-state index in [1.165, 1.54) is 0 Å². The fourth-order valence-corrected chi connectivity index (χ4v) is 4.75. The number of nitrogens with zero attached hydrogens (tertiary/aromatic N) is 4. The van der Waals surface area contributed by atoms with Crippen LogP contribution in [-0.4, -0.2) is 61.3 Å². The van der Waals surface area contributed by atoms with Crippen molar-refractivity contribution in [1.29, 1.82) is 0 Å². The van der Waals surface area contributed by atoms with E-state index in [0.717, 1.165) is 51.1 Å². The van der Waals surface area contributed by atoms with E-state index in [4.69, 9.17) is 11.3 Å². The Labute approximate surface area is 175 Å². The molecular weight excluding hydrogens is 382 g/mol. The van der Waals surface area contributed by atoms with Crippen LogP contribution in [0, 0.1) is 12.0 Å². The Balaban J connectivity index is 1.70. The summed E-state index contributed by atoms with van der Waals surface area (Å²) in [7, 11) is 3.67. The Morgan fingerprint density at radius 1 is 1.37 bits per heavy atom. The largest absolute Gasteiger partial charge is 0.492 e.